The molecule has 0 aliphatic carbocycles. The van der Waals surface area contributed by atoms with Crippen molar-refractivity contribution in [3.05, 3.63) is 71.4 Å². The number of pyridine rings is 1. The molecule has 3 aromatic heterocycles. The lowest BCUT2D eigenvalue weighted by Crippen LogP contribution is -2.21. The SMILES string of the molecule is O=C(c1c(F)ccc(N2CCCC2)c1F)c1c[nH]c2ncc(-c3cc(C(F)(F)F)ncn3)cc12. The fourth-order valence-electron chi connectivity index (χ4n) is 4.09. The van der Waals surface area contributed by atoms with Crippen LogP contribution in [-0.2, 0) is 6.18 Å². The summed E-state index contributed by atoms with van der Waals surface area (Å²) in [7, 11) is 0. The Morgan fingerprint density at radius 3 is 2.53 bits per heavy atom. The molecule has 0 radical (unpaired) electrons. The Kier molecular flexibility index (Phi) is 5.26. The third-order valence-corrected chi connectivity index (χ3v) is 5.77. The molecule has 4 heterocycles. The number of rotatable bonds is 4. The van der Waals surface area contributed by atoms with Gasteiger partial charge in [-0.05, 0) is 37.1 Å². The quantitative estimate of drug-likeness (QED) is 0.328. The third-order valence-electron chi connectivity index (χ3n) is 5.77. The highest BCUT2D eigenvalue weighted by molar-refractivity contribution is 6.16. The van der Waals surface area contributed by atoms with Gasteiger partial charge in [0, 0.05) is 42.0 Å². The molecule has 0 spiro atoms. The highest BCUT2D eigenvalue weighted by Crippen LogP contribution is 2.33. The Morgan fingerprint density at radius 1 is 1.03 bits per heavy atom. The maximum Gasteiger partial charge on any atom is 0.433 e. The van der Waals surface area contributed by atoms with Gasteiger partial charge in [-0.1, -0.05) is 0 Å². The number of hydrogen-bond donors (Lipinski definition) is 1. The van der Waals surface area contributed by atoms with Crippen LogP contribution in [0.15, 0.2) is 43.0 Å². The van der Waals surface area contributed by atoms with Crippen LogP contribution in [0.4, 0.5) is 27.6 Å². The van der Waals surface area contributed by atoms with Crippen molar-refractivity contribution in [2.24, 2.45) is 0 Å². The molecule has 1 N–H and O–H groups in total. The van der Waals surface area contributed by atoms with Crippen molar-refractivity contribution in [3.63, 3.8) is 0 Å². The van der Waals surface area contributed by atoms with E-state index in [9.17, 15) is 22.4 Å². The van der Waals surface area contributed by atoms with Gasteiger partial charge in [-0.25, -0.2) is 23.7 Å². The minimum atomic E-state index is -4.67. The molecule has 0 atom stereocenters. The molecule has 174 valence electrons. The molecule has 1 saturated heterocycles. The zero-order chi connectivity index (χ0) is 24.0. The predicted molar refractivity (Wildman–Crippen MR) is 113 cm³/mol. The van der Waals surface area contributed by atoms with Gasteiger partial charge in [0.1, 0.15) is 23.5 Å². The molecule has 1 aliphatic rings. The highest BCUT2D eigenvalue weighted by Gasteiger charge is 2.33. The number of ketones is 1. The standard InChI is InChI=1S/C23H16F5N5O/c24-15-3-4-17(33-5-1-2-6-33)20(25)19(15)21(34)14-10-30-22-13(14)7-12(9-29-22)16-8-18(23(26,27)28)32-11-31-16/h3-4,7-11H,1-2,5-6H2,(H,29,30). The molecule has 6 nitrogen and oxygen atoms in total. The number of halogens is 5. The first-order chi connectivity index (χ1) is 16.2. The van der Waals surface area contributed by atoms with E-state index >= 15 is 4.39 Å². The van der Waals surface area contributed by atoms with Crippen LogP contribution in [0.2, 0.25) is 0 Å². The number of aromatic nitrogens is 4. The molecule has 1 aliphatic heterocycles. The van der Waals surface area contributed by atoms with E-state index in [1.807, 2.05) is 0 Å². The topological polar surface area (TPSA) is 74.8 Å². The second-order valence-electron chi connectivity index (χ2n) is 7.89. The summed E-state index contributed by atoms with van der Waals surface area (Å²) >= 11 is 0. The fourth-order valence-corrected chi connectivity index (χ4v) is 4.09. The molecule has 34 heavy (non-hydrogen) atoms. The molecule has 0 saturated carbocycles. The Bertz CT molecular complexity index is 1410. The van der Waals surface area contributed by atoms with Crippen molar-refractivity contribution in [1.29, 1.82) is 0 Å². The number of benzene rings is 1. The summed E-state index contributed by atoms with van der Waals surface area (Å²) in [5, 5.41) is 0.194. The first-order valence-corrected chi connectivity index (χ1v) is 10.4. The van der Waals surface area contributed by atoms with E-state index in [-0.39, 0.29) is 33.5 Å². The lowest BCUT2D eigenvalue weighted by molar-refractivity contribution is -0.141. The Hall–Kier alpha value is -3.89. The van der Waals surface area contributed by atoms with E-state index in [4.69, 9.17) is 0 Å². The van der Waals surface area contributed by atoms with Crippen LogP contribution in [-0.4, -0.2) is 38.8 Å². The van der Waals surface area contributed by atoms with Crippen molar-refractivity contribution in [3.8, 4) is 11.3 Å². The predicted octanol–water partition coefficient (Wildman–Crippen LogP) is 5.15. The second kappa shape index (κ2) is 8.15. The Morgan fingerprint density at radius 2 is 1.79 bits per heavy atom. The molecule has 0 bridgehead atoms. The first kappa shape index (κ1) is 21.9. The number of alkyl halides is 3. The molecular formula is C23H16F5N5O. The van der Waals surface area contributed by atoms with Crippen LogP contribution < -0.4 is 4.90 Å². The van der Waals surface area contributed by atoms with E-state index in [1.165, 1.54) is 24.5 Å². The number of H-pyrrole nitrogens is 1. The van der Waals surface area contributed by atoms with Crippen LogP contribution in [0.25, 0.3) is 22.3 Å². The number of nitrogens with zero attached hydrogens (tertiary/aromatic N) is 4. The molecular weight excluding hydrogens is 457 g/mol. The van der Waals surface area contributed by atoms with Gasteiger partial charge >= 0.3 is 6.18 Å². The Balaban J connectivity index is 1.58. The van der Waals surface area contributed by atoms with Gasteiger partial charge in [-0.15, -0.1) is 0 Å². The van der Waals surface area contributed by atoms with Crippen molar-refractivity contribution >= 4 is 22.5 Å². The minimum absolute atomic E-state index is 0.0641. The number of nitrogens with one attached hydrogen (secondary N) is 1. The summed E-state index contributed by atoms with van der Waals surface area (Å²) in [5.41, 5.74) is -1.39. The number of hydrogen-bond acceptors (Lipinski definition) is 5. The van der Waals surface area contributed by atoms with Crippen LogP contribution >= 0.6 is 0 Å². The zero-order valence-electron chi connectivity index (χ0n) is 17.5. The van der Waals surface area contributed by atoms with E-state index in [0.717, 1.165) is 31.3 Å². The monoisotopic (exact) mass is 473 g/mol. The smallest absolute Gasteiger partial charge is 0.369 e. The number of carbonyl (C=O) groups excluding carboxylic acids is 1. The molecule has 0 unspecified atom stereocenters. The van der Waals surface area contributed by atoms with Crippen molar-refractivity contribution in [2.75, 3.05) is 18.0 Å². The van der Waals surface area contributed by atoms with Crippen molar-refractivity contribution in [1.82, 2.24) is 19.9 Å². The molecule has 5 rings (SSSR count). The maximum atomic E-state index is 15.3. The summed E-state index contributed by atoms with van der Waals surface area (Å²) in [6.45, 7) is 1.21. The van der Waals surface area contributed by atoms with Crippen LogP contribution in [0.1, 0.15) is 34.5 Å². The highest BCUT2D eigenvalue weighted by atomic mass is 19.4. The fraction of sp³-hybridized carbons (Fsp3) is 0.217. The van der Waals surface area contributed by atoms with E-state index < -0.39 is 34.9 Å². The van der Waals surface area contributed by atoms with Gasteiger partial charge in [0.15, 0.2) is 5.82 Å². The van der Waals surface area contributed by atoms with E-state index in [2.05, 4.69) is 19.9 Å². The zero-order valence-corrected chi connectivity index (χ0v) is 17.5. The number of carbonyl (C=O) groups is 1. The molecule has 0 amide bonds. The van der Waals surface area contributed by atoms with Gasteiger partial charge in [0.25, 0.3) is 0 Å². The molecule has 1 aromatic carbocycles. The van der Waals surface area contributed by atoms with Gasteiger partial charge in [0.2, 0.25) is 5.78 Å². The van der Waals surface area contributed by atoms with Gasteiger partial charge < -0.3 is 9.88 Å². The first-order valence-electron chi connectivity index (χ1n) is 10.4. The molecule has 4 aromatic rings. The normalized spacial score (nSPS) is 14.2. The number of anilines is 1. The average Bonchev–Trinajstić information content (AvgIpc) is 3.48. The molecule has 11 heteroatoms. The summed E-state index contributed by atoms with van der Waals surface area (Å²) in [4.78, 5) is 29.0. The minimum Gasteiger partial charge on any atom is -0.369 e. The summed E-state index contributed by atoms with van der Waals surface area (Å²) in [5.74, 6) is -2.86. The lowest BCUT2D eigenvalue weighted by atomic mass is 10.00. The lowest BCUT2D eigenvalue weighted by Gasteiger charge is -2.19. The summed E-state index contributed by atoms with van der Waals surface area (Å²) < 4.78 is 69.0. The summed E-state index contributed by atoms with van der Waals surface area (Å²) in [6.07, 6.45) is 0.406. The van der Waals surface area contributed by atoms with E-state index in [0.29, 0.717) is 13.1 Å². The van der Waals surface area contributed by atoms with Crippen molar-refractivity contribution in [2.45, 2.75) is 19.0 Å². The Labute approximate surface area is 189 Å². The largest absolute Gasteiger partial charge is 0.433 e. The van der Waals surface area contributed by atoms with Gasteiger partial charge in [0.05, 0.1) is 16.9 Å². The van der Waals surface area contributed by atoms with Crippen LogP contribution in [0.5, 0.6) is 0 Å². The van der Waals surface area contributed by atoms with Crippen molar-refractivity contribution < 1.29 is 26.7 Å². The third kappa shape index (κ3) is 3.76. The number of fused-ring (bicyclic) bond motifs is 1. The van der Waals surface area contributed by atoms with Gasteiger partial charge in [-0.2, -0.15) is 13.2 Å². The van der Waals surface area contributed by atoms with Gasteiger partial charge in [-0.3, -0.25) is 4.79 Å². The maximum absolute atomic E-state index is 15.3. The molecule has 1 fully saturated rings. The van der Waals surface area contributed by atoms with Crippen LogP contribution in [0, 0.1) is 11.6 Å². The van der Waals surface area contributed by atoms with E-state index in [1.54, 1.807) is 4.90 Å². The number of aromatic amines is 1. The average molecular weight is 473 g/mol. The summed E-state index contributed by atoms with van der Waals surface area (Å²) in [6, 6.07) is 4.53. The van der Waals surface area contributed by atoms with Crippen LogP contribution in [0.3, 0.4) is 0 Å². The second-order valence-corrected chi connectivity index (χ2v) is 7.89.